The normalized spacial score (nSPS) is 19.5. The highest BCUT2D eigenvalue weighted by molar-refractivity contribution is 5.30. The van der Waals surface area contributed by atoms with Gasteiger partial charge >= 0.3 is 0 Å². The number of hydrogen-bond donors (Lipinski definition) is 1. The van der Waals surface area contributed by atoms with Gasteiger partial charge in [0.2, 0.25) is 0 Å². The first-order chi connectivity index (χ1) is 10.1. The van der Waals surface area contributed by atoms with Crippen LogP contribution in [0.5, 0.6) is 5.75 Å². The van der Waals surface area contributed by atoms with Crippen molar-refractivity contribution in [1.82, 2.24) is 10.2 Å². The predicted molar refractivity (Wildman–Crippen MR) is 88.8 cm³/mol. The zero-order valence-electron chi connectivity index (χ0n) is 13.9. The molecule has 0 saturated carbocycles. The summed E-state index contributed by atoms with van der Waals surface area (Å²) in [6, 6.07) is 9.25. The van der Waals surface area contributed by atoms with Gasteiger partial charge in [-0.3, -0.25) is 4.90 Å². The summed E-state index contributed by atoms with van der Waals surface area (Å²) in [4.78, 5) is 2.63. The third-order valence-corrected chi connectivity index (χ3v) is 4.32. The fourth-order valence-electron chi connectivity index (χ4n) is 3.10. The second-order valence-electron chi connectivity index (χ2n) is 6.35. The van der Waals surface area contributed by atoms with Gasteiger partial charge in [0, 0.05) is 32.2 Å². The minimum Gasteiger partial charge on any atom is -0.491 e. The van der Waals surface area contributed by atoms with Gasteiger partial charge in [0.1, 0.15) is 5.75 Å². The molecule has 1 aromatic rings. The first-order valence-electron chi connectivity index (χ1n) is 8.33. The van der Waals surface area contributed by atoms with Crippen LogP contribution in [-0.4, -0.2) is 37.2 Å². The first-order valence-corrected chi connectivity index (χ1v) is 8.33. The molecule has 3 nitrogen and oxygen atoms in total. The molecule has 0 aromatic heterocycles. The second kappa shape index (κ2) is 7.81. The van der Waals surface area contributed by atoms with Crippen molar-refractivity contribution in [2.45, 2.75) is 46.3 Å². The Balaban J connectivity index is 2.15. The maximum absolute atomic E-state index is 5.76. The second-order valence-corrected chi connectivity index (χ2v) is 6.35. The van der Waals surface area contributed by atoms with E-state index in [1.165, 1.54) is 12.0 Å². The molecule has 118 valence electrons. The summed E-state index contributed by atoms with van der Waals surface area (Å²) in [5, 5.41) is 3.45. The highest BCUT2D eigenvalue weighted by Gasteiger charge is 2.26. The Morgan fingerprint density at radius 1 is 1.10 bits per heavy atom. The van der Waals surface area contributed by atoms with E-state index in [1.807, 2.05) is 0 Å². The third kappa shape index (κ3) is 4.45. The van der Waals surface area contributed by atoms with Crippen LogP contribution in [0, 0.1) is 5.92 Å². The van der Waals surface area contributed by atoms with E-state index in [9.17, 15) is 0 Å². The molecule has 0 spiro atoms. The molecule has 1 heterocycles. The Morgan fingerprint density at radius 2 is 1.71 bits per heavy atom. The van der Waals surface area contributed by atoms with Crippen molar-refractivity contribution < 1.29 is 4.74 Å². The number of rotatable bonds is 6. The Labute approximate surface area is 129 Å². The smallest absolute Gasteiger partial charge is 0.119 e. The van der Waals surface area contributed by atoms with Crippen LogP contribution in [0.15, 0.2) is 24.3 Å². The molecule has 1 saturated heterocycles. The molecule has 1 N–H and O–H groups in total. The largest absolute Gasteiger partial charge is 0.491 e. The van der Waals surface area contributed by atoms with Crippen LogP contribution in [-0.2, 0) is 0 Å². The molecule has 3 heteroatoms. The minimum absolute atomic E-state index is 0.231. The van der Waals surface area contributed by atoms with Crippen molar-refractivity contribution in [3.05, 3.63) is 29.8 Å². The fourth-order valence-corrected chi connectivity index (χ4v) is 3.10. The molecule has 1 aliphatic rings. The van der Waals surface area contributed by atoms with Crippen molar-refractivity contribution in [1.29, 1.82) is 0 Å². The predicted octanol–water partition coefficient (Wildman–Crippen LogP) is 3.47. The molecule has 0 amide bonds. The molecule has 21 heavy (non-hydrogen) atoms. The molecular weight excluding hydrogens is 260 g/mol. The van der Waals surface area contributed by atoms with Crippen LogP contribution in [0.4, 0.5) is 0 Å². The molecule has 0 radical (unpaired) electrons. The summed E-state index contributed by atoms with van der Waals surface area (Å²) in [6.07, 6.45) is 1.44. The topological polar surface area (TPSA) is 24.5 Å². The summed E-state index contributed by atoms with van der Waals surface area (Å²) in [5.74, 6) is 1.64. The van der Waals surface area contributed by atoms with Gasteiger partial charge in [-0.15, -0.1) is 0 Å². The molecule has 1 aliphatic heterocycles. The maximum atomic E-state index is 5.76. The summed E-state index contributed by atoms with van der Waals surface area (Å²) in [6.45, 7) is 13.3. The summed E-state index contributed by atoms with van der Waals surface area (Å²) in [5.41, 5.74) is 1.42. The standard InChI is InChI=1S/C18H30N2O/c1-5-15(4)18(20-12-10-19-11-13-20)16-6-8-17(9-7-16)21-14(2)3/h6-9,14-15,18-19H,5,10-13H2,1-4H3/t15?,18-/m0/s1. The van der Waals surface area contributed by atoms with Gasteiger partial charge in [-0.2, -0.15) is 0 Å². The highest BCUT2D eigenvalue weighted by Crippen LogP contribution is 2.32. The minimum atomic E-state index is 0.231. The quantitative estimate of drug-likeness (QED) is 0.868. The fraction of sp³-hybridized carbons (Fsp3) is 0.667. The number of nitrogens with zero attached hydrogens (tertiary/aromatic N) is 1. The first kappa shape index (κ1) is 16.3. The van der Waals surface area contributed by atoms with Crippen molar-refractivity contribution >= 4 is 0 Å². The summed E-state index contributed by atoms with van der Waals surface area (Å²) >= 11 is 0. The number of benzene rings is 1. The van der Waals surface area contributed by atoms with E-state index in [-0.39, 0.29) is 6.10 Å². The lowest BCUT2D eigenvalue weighted by Crippen LogP contribution is -2.46. The number of hydrogen-bond acceptors (Lipinski definition) is 3. The van der Waals surface area contributed by atoms with Crippen molar-refractivity contribution in [3.8, 4) is 5.75 Å². The molecule has 2 atom stereocenters. The number of nitrogens with one attached hydrogen (secondary N) is 1. The zero-order valence-corrected chi connectivity index (χ0v) is 13.9. The van der Waals surface area contributed by atoms with Gasteiger partial charge in [-0.25, -0.2) is 0 Å². The zero-order chi connectivity index (χ0) is 15.2. The molecule has 2 rings (SSSR count). The van der Waals surface area contributed by atoms with Gasteiger partial charge in [0.15, 0.2) is 0 Å². The van der Waals surface area contributed by atoms with E-state index >= 15 is 0 Å². The summed E-state index contributed by atoms with van der Waals surface area (Å²) in [7, 11) is 0. The third-order valence-electron chi connectivity index (χ3n) is 4.32. The van der Waals surface area contributed by atoms with Crippen LogP contribution >= 0.6 is 0 Å². The SMILES string of the molecule is CCC(C)[C@@H](c1ccc(OC(C)C)cc1)N1CCNCC1. The van der Waals surface area contributed by atoms with E-state index in [0.717, 1.165) is 31.9 Å². The van der Waals surface area contributed by atoms with E-state index < -0.39 is 0 Å². The molecule has 1 fully saturated rings. The number of piperazine rings is 1. The van der Waals surface area contributed by atoms with E-state index in [2.05, 4.69) is 62.2 Å². The van der Waals surface area contributed by atoms with Crippen LogP contribution in [0.3, 0.4) is 0 Å². The van der Waals surface area contributed by atoms with E-state index in [1.54, 1.807) is 0 Å². The maximum Gasteiger partial charge on any atom is 0.119 e. The van der Waals surface area contributed by atoms with Crippen LogP contribution < -0.4 is 10.1 Å². The number of ether oxygens (including phenoxy) is 1. The van der Waals surface area contributed by atoms with E-state index in [0.29, 0.717) is 12.0 Å². The molecule has 1 unspecified atom stereocenters. The van der Waals surface area contributed by atoms with Crippen molar-refractivity contribution in [3.63, 3.8) is 0 Å². The van der Waals surface area contributed by atoms with Gasteiger partial charge in [-0.05, 0) is 37.5 Å². The monoisotopic (exact) mass is 290 g/mol. The highest BCUT2D eigenvalue weighted by atomic mass is 16.5. The lowest BCUT2D eigenvalue weighted by Gasteiger charge is -2.38. The van der Waals surface area contributed by atoms with Crippen LogP contribution in [0.1, 0.15) is 45.7 Å². The van der Waals surface area contributed by atoms with Crippen LogP contribution in [0.25, 0.3) is 0 Å². The Bertz CT molecular complexity index is 410. The van der Waals surface area contributed by atoms with Crippen molar-refractivity contribution in [2.75, 3.05) is 26.2 Å². The van der Waals surface area contributed by atoms with Gasteiger partial charge in [0.05, 0.1) is 6.10 Å². The molecule has 0 aliphatic carbocycles. The molecular formula is C18H30N2O. The Kier molecular flexibility index (Phi) is 6.07. The van der Waals surface area contributed by atoms with Gasteiger partial charge in [-0.1, -0.05) is 32.4 Å². The average molecular weight is 290 g/mol. The van der Waals surface area contributed by atoms with E-state index in [4.69, 9.17) is 4.74 Å². The lowest BCUT2D eigenvalue weighted by molar-refractivity contribution is 0.128. The van der Waals surface area contributed by atoms with Crippen LogP contribution in [0.2, 0.25) is 0 Å². The molecule has 0 bridgehead atoms. The Hall–Kier alpha value is -1.06. The lowest BCUT2D eigenvalue weighted by atomic mass is 9.90. The van der Waals surface area contributed by atoms with Crippen molar-refractivity contribution in [2.24, 2.45) is 5.92 Å². The van der Waals surface area contributed by atoms with Gasteiger partial charge in [0.25, 0.3) is 0 Å². The van der Waals surface area contributed by atoms with Gasteiger partial charge < -0.3 is 10.1 Å². The summed E-state index contributed by atoms with van der Waals surface area (Å²) < 4.78 is 5.76. The molecule has 1 aromatic carbocycles. The average Bonchev–Trinajstić information content (AvgIpc) is 2.49. The Morgan fingerprint density at radius 3 is 2.24 bits per heavy atom.